The Morgan fingerprint density at radius 2 is 2.11 bits per heavy atom. The number of nitrogens with zero attached hydrogens (tertiary/aromatic N) is 2. The molecule has 1 saturated heterocycles. The highest BCUT2D eigenvalue weighted by atomic mass is 16.5. The molecular formula is C22H31N3O3. The quantitative estimate of drug-likeness (QED) is 0.849. The first-order valence-corrected chi connectivity index (χ1v) is 10.3. The van der Waals surface area contributed by atoms with Crippen molar-refractivity contribution in [2.24, 2.45) is 7.05 Å². The van der Waals surface area contributed by atoms with Crippen LogP contribution in [0.2, 0.25) is 0 Å². The molecule has 1 aromatic heterocycles. The third-order valence-electron chi connectivity index (χ3n) is 6.72. The Balaban J connectivity index is 1.77. The number of methoxy groups -OCH3 is 1. The van der Waals surface area contributed by atoms with E-state index in [1.807, 2.05) is 11.0 Å². The van der Waals surface area contributed by atoms with Gasteiger partial charge in [-0.3, -0.25) is 4.79 Å². The fourth-order valence-electron chi connectivity index (χ4n) is 5.17. The summed E-state index contributed by atoms with van der Waals surface area (Å²) < 4.78 is 7.65. The lowest BCUT2D eigenvalue weighted by molar-refractivity contribution is -0.132. The predicted molar refractivity (Wildman–Crippen MR) is 110 cm³/mol. The summed E-state index contributed by atoms with van der Waals surface area (Å²) in [4.78, 5) is 14.4. The van der Waals surface area contributed by atoms with Crippen molar-refractivity contribution in [3.8, 4) is 5.75 Å². The molecule has 6 heteroatoms. The van der Waals surface area contributed by atoms with E-state index in [1.54, 1.807) is 7.11 Å². The molecule has 2 N–H and O–H groups in total. The number of carbonyl (C=O) groups is 1. The van der Waals surface area contributed by atoms with Gasteiger partial charge in [-0.15, -0.1) is 0 Å². The van der Waals surface area contributed by atoms with E-state index in [2.05, 4.69) is 36.0 Å². The molecule has 28 heavy (non-hydrogen) atoms. The molecule has 1 aromatic carbocycles. The van der Waals surface area contributed by atoms with E-state index in [4.69, 9.17) is 4.74 Å². The second-order valence-corrected chi connectivity index (χ2v) is 8.23. The molecule has 2 aliphatic rings. The van der Waals surface area contributed by atoms with Crippen molar-refractivity contribution in [2.45, 2.75) is 44.1 Å². The fourth-order valence-corrected chi connectivity index (χ4v) is 5.17. The Bertz CT molecular complexity index is 881. The van der Waals surface area contributed by atoms with Gasteiger partial charge in [0.25, 0.3) is 0 Å². The predicted octanol–water partition coefficient (Wildman–Crippen LogP) is 2.48. The average Bonchev–Trinajstić information content (AvgIpc) is 3.02. The van der Waals surface area contributed by atoms with Crippen molar-refractivity contribution in [1.29, 1.82) is 0 Å². The van der Waals surface area contributed by atoms with Gasteiger partial charge in [0.1, 0.15) is 5.75 Å². The number of fused-ring (bicyclic) bond motifs is 4. The van der Waals surface area contributed by atoms with Crippen LogP contribution >= 0.6 is 0 Å². The summed E-state index contributed by atoms with van der Waals surface area (Å²) in [5.74, 6) is 1.12. The molecule has 1 fully saturated rings. The topological polar surface area (TPSA) is 66.7 Å². The SMILES string of the molecule is CCCC(=O)N1CCC2(CC1)CN[C@H](CO)c1c2c2ccc(OC)cc2n1C. The van der Waals surface area contributed by atoms with E-state index in [1.165, 1.54) is 16.6 Å². The van der Waals surface area contributed by atoms with Gasteiger partial charge in [0, 0.05) is 55.7 Å². The van der Waals surface area contributed by atoms with Crippen LogP contribution in [-0.2, 0) is 17.3 Å². The Labute approximate surface area is 166 Å². The van der Waals surface area contributed by atoms with Gasteiger partial charge in [0.15, 0.2) is 0 Å². The van der Waals surface area contributed by atoms with Gasteiger partial charge in [-0.2, -0.15) is 0 Å². The number of likely N-dealkylation sites (tertiary alicyclic amines) is 1. The largest absolute Gasteiger partial charge is 0.497 e. The number of aryl methyl sites for hydroxylation is 1. The van der Waals surface area contributed by atoms with Gasteiger partial charge in [-0.05, 0) is 37.0 Å². The smallest absolute Gasteiger partial charge is 0.222 e. The van der Waals surface area contributed by atoms with E-state index < -0.39 is 0 Å². The molecule has 1 atom stereocenters. The van der Waals surface area contributed by atoms with Crippen LogP contribution in [0.25, 0.3) is 10.9 Å². The Morgan fingerprint density at radius 1 is 1.36 bits per heavy atom. The highest BCUT2D eigenvalue weighted by Crippen LogP contribution is 2.47. The number of hydrogen-bond donors (Lipinski definition) is 2. The van der Waals surface area contributed by atoms with Crippen LogP contribution in [0.3, 0.4) is 0 Å². The van der Waals surface area contributed by atoms with Crippen molar-refractivity contribution < 1.29 is 14.6 Å². The number of aliphatic hydroxyl groups excluding tert-OH is 1. The number of ether oxygens (including phenoxy) is 1. The molecule has 1 spiro atoms. The third kappa shape index (κ3) is 2.90. The molecule has 0 aliphatic carbocycles. The Hall–Kier alpha value is -2.05. The second-order valence-electron chi connectivity index (χ2n) is 8.23. The number of aromatic nitrogens is 1. The van der Waals surface area contributed by atoms with Gasteiger partial charge in [0.05, 0.1) is 25.3 Å². The number of amides is 1. The summed E-state index contributed by atoms with van der Waals surface area (Å²) in [7, 11) is 3.76. The first-order valence-electron chi connectivity index (χ1n) is 10.3. The van der Waals surface area contributed by atoms with Crippen molar-refractivity contribution in [3.05, 3.63) is 29.5 Å². The molecule has 2 aromatic rings. The normalized spacial score (nSPS) is 21.1. The first kappa shape index (κ1) is 19.3. The average molecular weight is 386 g/mol. The molecule has 0 unspecified atom stereocenters. The second kappa shape index (κ2) is 7.41. The summed E-state index contributed by atoms with van der Waals surface area (Å²) in [5, 5.41) is 14.8. The third-order valence-corrected chi connectivity index (χ3v) is 6.72. The van der Waals surface area contributed by atoms with E-state index in [9.17, 15) is 9.90 Å². The van der Waals surface area contributed by atoms with E-state index in [-0.39, 0.29) is 24.0 Å². The molecule has 1 amide bonds. The first-order chi connectivity index (χ1) is 13.5. The van der Waals surface area contributed by atoms with E-state index in [0.717, 1.165) is 50.2 Å². The summed E-state index contributed by atoms with van der Waals surface area (Å²) >= 11 is 0. The zero-order valence-electron chi connectivity index (χ0n) is 17.1. The minimum Gasteiger partial charge on any atom is -0.497 e. The van der Waals surface area contributed by atoms with Crippen LogP contribution in [0.5, 0.6) is 5.75 Å². The van der Waals surface area contributed by atoms with Gasteiger partial charge in [-0.1, -0.05) is 6.92 Å². The fraction of sp³-hybridized carbons (Fsp3) is 0.591. The number of piperidine rings is 1. The van der Waals surface area contributed by atoms with Gasteiger partial charge < -0.3 is 24.6 Å². The van der Waals surface area contributed by atoms with Crippen molar-refractivity contribution in [1.82, 2.24) is 14.8 Å². The maximum Gasteiger partial charge on any atom is 0.222 e. The van der Waals surface area contributed by atoms with Crippen LogP contribution in [0.1, 0.15) is 49.9 Å². The maximum atomic E-state index is 12.4. The number of benzene rings is 1. The van der Waals surface area contributed by atoms with Gasteiger partial charge in [0.2, 0.25) is 5.91 Å². The molecule has 0 radical (unpaired) electrons. The standard InChI is InChI=1S/C22H31N3O3/c1-4-5-19(27)25-10-8-22(9-11-25)14-23-17(13-26)21-20(22)16-7-6-15(28-3)12-18(16)24(21)2/h6-7,12,17,23,26H,4-5,8-11,13-14H2,1-3H3/t17-/m1/s1. The van der Waals surface area contributed by atoms with Crippen LogP contribution in [0.15, 0.2) is 18.2 Å². The molecular weight excluding hydrogens is 354 g/mol. The van der Waals surface area contributed by atoms with Gasteiger partial charge in [-0.25, -0.2) is 0 Å². The molecule has 0 saturated carbocycles. The molecule has 6 nitrogen and oxygen atoms in total. The molecule has 152 valence electrons. The van der Waals surface area contributed by atoms with Crippen molar-refractivity contribution >= 4 is 16.8 Å². The number of carbonyl (C=O) groups excluding carboxylic acids is 1. The molecule has 2 aliphatic heterocycles. The number of rotatable bonds is 4. The van der Waals surface area contributed by atoms with Crippen molar-refractivity contribution in [2.75, 3.05) is 33.4 Å². The highest BCUT2D eigenvalue weighted by molar-refractivity contribution is 5.88. The zero-order chi connectivity index (χ0) is 19.9. The maximum absolute atomic E-state index is 12.4. The van der Waals surface area contributed by atoms with E-state index in [0.29, 0.717) is 6.42 Å². The summed E-state index contributed by atoms with van der Waals surface area (Å²) in [6, 6.07) is 6.19. The van der Waals surface area contributed by atoms with Gasteiger partial charge >= 0.3 is 0 Å². The van der Waals surface area contributed by atoms with Crippen LogP contribution < -0.4 is 10.1 Å². The lowest BCUT2D eigenvalue weighted by Gasteiger charge is -2.46. The number of hydrogen-bond acceptors (Lipinski definition) is 4. The minimum atomic E-state index is -0.0660. The number of aliphatic hydroxyl groups is 1. The lowest BCUT2D eigenvalue weighted by atomic mass is 9.69. The zero-order valence-corrected chi connectivity index (χ0v) is 17.1. The summed E-state index contributed by atoms with van der Waals surface area (Å²) in [6.45, 7) is 4.57. The Kier molecular flexibility index (Phi) is 5.10. The van der Waals surface area contributed by atoms with E-state index >= 15 is 0 Å². The van der Waals surface area contributed by atoms with Crippen molar-refractivity contribution in [3.63, 3.8) is 0 Å². The summed E-state index contributed by atoms with van der Waals surface area (Å²) in [6.07, 6.45) is 3.43. The number of nitrogens with one attached hydrogen (secondary N) is 1. The lowest BCUT2D eigenvalue weighted by Crippen LogP contribution is -2.53. The molecule has 4 rings (SSSR count). The monoisotopic (exact) mass is 385 g/mol. The molecule has 3 heterocycles. The molecule has 0 bridgehead atoms. The van der Waals surface area contributed by atoms with Crippen LogP contribution in [0.4, 0.5) is 0 Å². The highest BCUT2D eigenvalue weighted by Gasteiger charge is 2.45. The van der Waals surface area contributed by atoms with Crippen LogP contribution in [-0.4, -0.2) is 53.8 Å². The summed E-state index contributed by atoms with van der Waals surface area (Å²) in [5.41, 5.74) is 3.66. The minimum absolute atomic E-state index is 0.00189. The Morgan fingerprint density at radius 3 is 2.75 bits per heavy atom. The van der Waals surface area contributed by atoms with Crippen LogP contribution in [0, 0.1) is 0 Å².